The zero-order valence-electron chi connectivity index (χ0n) is 15.4. The summed E-state index contributed by atoms with van der Waals surface area (Å²) < 4.78 is 5.77. The Morgan fingerprint density at radius 1 is 0.926 bits per heavy atom. The number of rotatable bonds is 6. The second-order valence-corrected chi connectivity index (χ2v) is 6.81. The number of ether oxygens (including phenoxy) is 1. The lowest BCUT2D eigenvalue weighted by atomic mass is 9.95. The van der Waals surface area contributed by atoms with Crippen molar-refractivity contribution in [2.24, 2.45) is 0 Å². The number of benzene rings is 3. The molecule has 0 radical (unpaired) electrons. The van der Waals surface area contributed by atoms with Crippen LogP contribution in [0.3, 0.4) is 0 Å². The molecule has 138 valence electrons. The summed E-state index contributed by atoms with van der Waals surface area (Å²) in [5, 5.41) is 3.60. The van der Waals surface area contributed by atoms with Gasteiger partial charge in [0.1, 0.15) is 5.75 Å². The normalized spacial score (nSPS) is 12.9. The number of aryl methyl sites for hydroxylation is 1. The Kier molecular flexibility index (Phi) is 6.15. The van der Waals surface area contributed by atoms with E-state index in [-0.39, 0.29) is 11.9 Å². The van der Waals surface area contributed by atoms with Gasteiger partial charge in [0.05, 0.1) is 11.1 Å². The van der Waals surface area contributed by atoms with E-state index in [1.54, 1.807) is 19.1 Å². The molecule has 0 aliphatic heterocycles. The smallest absolute Gasteiger partial charge is 0.261 e. The Labute approximate surface area is 164 Å². The molecule has 0 aliphatic carbocycles. The third-order valence-corrected chi connectivity index (χ3v) is 4.74. The summed E-state index contributed by atoms with van der Waals surface area (Å²) in [7, 11) is 0. The summed E-state index contributed by atoms with van der Waals surface area (Å²) in [6.45, 7) is 3.76. The van der Waals surface area contributed by atoms with Crippen LogP contribution in [0.1, 0.15) is 29.7 Å². The van der Waals surface area contributed by atoms with Crippen LogP contribution in [0.5, 0.6) is 5.75 Å². The monoisotopic (exact) mass is 379 g/mol. The Morgan fingerprint density at radius 2 is 1.56 bits per heavy atom. The molecule has 0 fully saturated rings. The fraction of sp³-hybridized carbons (Fsp3) is 0.174. The second kappa shape index (κ2) is 8.74. The Hall–Kier alpha value is -2.78. The lowest BCUT2D eigenvalue weighted by Crippen LogP contribution is -2.39. The van der Waals surface area contributed by atoms with Gasteiger partial charge in [-0.25, -0.2) is 0 Å². The maximum atomic E-state index is 12.8. The molecular formula is C23H22ClNO2. The van der Waals surface area contributed by atoms with Crippen LogP contribution in [0.25, 0.3) is 0 Å². The number of amides is 1. The molecule has 0 heterocycles. The summed E-state index contributed by atoms with van der Waals surface area (Å²) in [6.07, 6.45) is -0.680. The molecule has 1 amide bonds. The predicted octanol–water partition coefficient (Wildman–Crippen LogP) is 5.32. The maximum absolute atomic E-state index is 12.8. The van der Waals surface area contributed by atoms with Crippen molar-refractivity contribution < 1.29 is 9.53 Å². The van der Waals surface area contributed by atoms with Gasteiger partial charge in [0.25, 0.3) is 5.91 Å². The van der Waals surface area contributed by atoms with Crippen molar-refractivity contribution in [3.8, 4) is 5.75 Å². The van der Waals surface area contributed by atoms with Crippen molar-refractivity contribution in [2.45, 2.75) is 26.0 Å². The minimum Gasteiger partial charge on any atom is -0.479 e. The fourth-order valence-corrected chi connectivity index (χ4v) is 3.12. The van der Waals surface area contributed by atoms with Crippen LogP contribution in [0.4, 0.5) is 0 Å². The topological polar surface area (TPSA) is 38.3 Å². The molecule has 4 heteroatoms. The number of nitrogens with one attached hydrogen (secondary N) is 1. The number of hydrogen-bond acceptors (Lipinski definition) is 2. The molecule has 0 aliphatic rings. The maximum Gasteiger partial charge on any atom is 0.261 e. The molecular weight excluding hydrogens is 358 g/mol. The number of carbonyl (C=O) groups is 1. The molecule has 0 unspecified atom stereocenters. The molecule has 2 atom stereocenters. The van der Waals surface area contributed by atoms with Crippen molar-refractivity contribution in [3.05, 3.63) is 101 Å². The zero-order chi connectivity index (χ0) is 19.2. The van der Waals surface area contributed by atoms with E-state index in [0.29, 0.717) is 10.8 Å². The van der Waals surface area contributed by atoms with Crippen molar-refractivity contribution in [1.29, 1.82) is 0 Å². The predicted molar refractivity (Wildman–Crippen MR) is 109 cm³/mol. The lowest BCUT2D eigenvalue weighted by Gasteiger charge is -2.24. The molecule has 0 saturated heterocycles. The minimum atomic E-state index is -0.680. The van der Waals surface area contributed by atoms with E-state index in [9.17, 15) is 4.79 Å². The van der Waals surface area contributed by atoms with Gasteiger partial charge < -0.3 is 10.1 Å². The van der Waals surface area contributed by atoms with Gasteiger partial charge in [-0.05, 0) is 42.7 Å². The van der Waals surface area contributed by atoms with E-state index in [1.807, 2.05) is 73.7 Å². The first kappa shape index (κ1) is 19.0. The molecule has 3 rings (SSSR count). The van der Waals surface area contributed by atoms with Crippen LogP contribution >= 0.6 is 11.6 Å². The third kappa shape index (κ3) is 4.69. The van der Waals surface area contributed by atoms with Gasteiger partial charge in [0.2, 0.25) is 0 Å². The van der Waals surface area contributed by atoms with Crippen molar-refractivity contribution in [2.75, 3.05) is 0 Å². The third-order valence-electron chi connectivity index (χ3n) is 4.43. The van der Waals surface area contributed by atoms with Crippen LogP contribution in [0, 0.1) is 6.92 Å². The molecule has 3 aromatic carbocycles. The van der Waals surface area contributed by atoms with Gasteiger partial charge in [0, 0.05) is 0 Å². The second-order valence-electron chi connectivity index (χ2n) is 6.40. The van der Waals surface area contributed by atoms with Crippen LogP contribution in [-0.4, -0.2) is 12.0 Å². The van der Waals surface area contributed by atoms with Gasteiger partial charge in [-0.1, -0.05) is 78.3 Å². The lowest BCUT2D eigenvalue weighted by molar-refractivity contribution is -0.127. The van der Waals surface area contributed by atoms with Crippen molar-refractivity contribution in [1.82, 2.24) is 5.32 Å². The highest BCUT2D eigenvalue weighted by Gasteiger charge is 2.23. The van der Waals surface area contributed by atoms with Gasteiger partial charge >= 0.3 is 0 Å². The first-order valence-electron chi connectivity index (χ1n) is 8.88. The van der Waals surface area contributed by atoms with Crippen molar-refractivity contribution >= 4 is 17.5 Å². The molecule has 27 heavy (non-hydrogen) atoms. The largest absolute Gasteiger partial charge is 0.479 e. The first-order valence-corrected chi connectivity index (χ1v) is 9.26. The standard InChI is InChI=1S/C23H22ClNO2/c1-16-10-6-7-13-19(16)22(18-11-4-3-5-12-18)25-23(26)17(2)27-21-15-9-8-14-20(21)24/h3-15,17,22H,1-2H3,(H,25,26)/t17-,22-/m1/s1. The summed E-state index contributed by atoms with van der Waals surface area (Å²) in [6, 6.07) is 24.9. The van der Waals surface area contributed by atoms with Crippen LogP contribution in [0.15, 0.2) is 78.9 Å². The molecule has 0 aromatic heterocycles. The van der Waals surface area contributed by atoms with Gasteiger partial charge in [-0.2, -0.15) is 0 Å². The van der Waals surface area contributed by atoms with E-state index in [4.69, 9.17) is 16.3 Å². The fourth-order valence-electron chi connectivity index (χ4n) is 2.94. The molecule has 1 N–H and O–H groups in total. The van der Waals surface area contributed by atoms with E-state index < -0.39 is 6.10 Å². The summed E-state index contributed by atoms with van der Waals surface area (Å²) in [5.74, 6) is 0.293. The highest BCUT2D eigenvalue weighted by atomic mass is 35.5. The van der Waals surface area contributed by atoms with Gasteiger partial charge in [0.15, 0.2) is 6.10 Å². The molecule has 0 bridgehead atoms. The number of halogens is 1. The van der Waals surface area contributed by atoms with E-state index in [0.717, 1.165) is 16.7 Å². The quantitative estimate of drug-likeness (QED) is 0.629. The highest BCUT2D eigenvalue weighted by molar-refractivity contribution is 6.32. The van der Waals surface area contributed by atoms with Crippen LogP contribution in [0.2, 0.25) is 5.02 Å². The van der Waals surface area contributed by atoms with Crippen LogP contribution < -0.4 is 10.1 Å². The van der Waals surface area contributed by atoms with Crippen molar-refractivity contribution in [3.63, 3.8) is 0 Å². The first-order chi connectivity index (χ1) is 13.1. The van der Waals surface area contributed by atoms with E-state index in [2.05, 4.69) is 5.32 Å². The Balaban J connectivity index is 1.83. The average Bonchev–Trinajstić information content (AvgIpc) is 2.69. The van der Waals surface area contributed by atoms with E-state index in [1.165, 1.54) is 0 Å². The summed E-state index contributed by atoms with van der Waals surface area (Å²) >= 11 is 6.13. The van der Waals surface area contributed by atoms with Gasteiger partial charge in [-0.3, -0.25) is 4.79 Å². The van der Waals surface area contributed by atoms with Gasteiger partial charge in [-0.15, -0.1) is 0 Å². The average molecular weight is 380 g/mol. The number of carbonyl (C=O) groups excluding carboxylic acids is 1. The van der Waals surface area contributed by atoms with E-state index >= 15 is 0 Å². The highest BCUT2D eigenvalue weighted by Crippen LogP contribution is 2.26. The Bertz CT molecular complexity index is 911. The molecule has 3 nitrogen and oxygen atoms in total. The number of hydrogen-bond donors (Lipinski definition) is 1. The molecule has 0 spiro atoms. The zero-order valence-corrected chi connectivity index (χ0v) is 16.1. The molecule has 0 saturated carbocycles. The Morgan fingerprint density at radius 3 is 2.26 bits per heavy atom. The summed E-state index contributed by atoms with van der Waals surface area (Å²) in [4.78, 5) is 12.8. The SMILES string of the molecule is Cc1ccccc1[C@H](NC(=O)[C@@H](C)Oc1ccccc1Cl)c1ccccc1. The molecule has 3 aromatic rings. The summed E-state index contributed by atoms with van der Waals surface area (Å²) in [5.41, 5.74) is 3.19. The minimum absolute atomic E-state index is 0.202. The number of para-hydroxylation sites is 1. The van der Waals surface area contributed by atoms with Crippen LogP contribution in [-0.2, 0) is 4.79 Å².